The highest BCUT2D eigenvalue weighted by atomic mass is 32.2. The standard InChI is InChI=1S/C23H34N2O4S/c1-5-23(29-18(2)3)24-12-8-19(9-13-24)11-15-28-22-7-6-21-17-25(30(4,26)27)14-10-20(21)16-22/h6-7,16,18-19H,1,8-15,17H2,2-4H3. The van der Waals surface area contributed by atoms with Crippen LogP contribution in [0.2, 0.25) is 0 Å². The van der Waals surface area contributed by atoms with Crippen molar-refractivity contribution in [3.05, 3.63) is 47.5 Å². The highest BCUT2D eigenvalue weighted by Gasteiger charge is 2.24. The molecule has 0 atom stereocenters. The topological polar surface area (TPSA) is 59.1 Å². The number of rotatable bonds is 8. The number of likely N-dealkylation sites (tertiary alicyclic amines) is 1. The lowest BCUT2D eigenvalue weighted by Gasteiger charge is -2.34. The van der Waals surface area contributed by atoms with E-state index in [2.05, 4.69) is 23.3 Å². The minimum absolute atomic E-state index is 0.131. The Morgan fingerprint density at radius 2 is 1.97 bits per heavy atom. The lowest BCUT2D eigenvalue weighted by Crippen LogP contribution is -2.35. The third-order valence-electron chi connectivity index (χ3n) is 5.82. The molecule has 0 N–H and O–H groups in total. The first-order valence-corrected chi connectivity index (χ1v) is 12.6. The van der Waals surface area contributed by atoms with Gasteiger partial charge in [0.1, 0.15) is 5.75 Å². The smallest absolute Gasteiger partial charge is 0.235 e. The fraction of sp³-hybridized carbons (Fsp3) is 0.609. The summed E-state index contributed by atoms with van der Waals surface area (Å²) in [7, 11) is -3.14. The molecule has 1 fully saturated rings. The molecule has 0 aliphatic carbocycles. The Kier molecular flexibility index (Phi) is 7.50. The molecular formula is C23H34N2O4S. The second kappa shape index (κ2) is 9.90. The van der Waals surface area contributed by atoms with Crippen LogP contribution in [-0.4, -0.2) is 56.2 Å². The maximum Gasteiger partial charge on any atom is 0.235 e. The third-order valence-corrected chi connectivity index (χ3v) is 7.07. The van der Waals surface area contributed by atoms with Gasteiger partial charge in [0.05, 0.1) is 19.0 Å². The van der Waals surface area contributed by atoms with Gasteiger partial charge < -0.3 is 14.4 Å². The quantitative estimate of drug-likeness (QED) is 0.463. The van der Waals surface area contributed by atoms with Crippen molar-refractivity contribution in [3.63, 3.8) is 0 Å². The number of sulfonamides is 1. The van der Waals surface area contributed by atoms with E-state index in [1.165, 1.54) is 16.1 Å². The maximum atomic E-state index is 11.8. The summed E-state index contributed by atoms with van der Waals surface area (Å²) in [4.78, 5) is 2.23. The Morgan fingerprint density at radius 3 is 2.60 bits per heavy atom. The Hall–Kier alpha value is -1.95. The Morgan fingerprint density at radius 1 is 1.23 bits per heavy atom. The molecule has 7 heteroatoms. The molecule has 2 aliphatic rings. The fourth-order valence-electron chi connectivity index (χ4n) is 4.10. The van der Waals surface area contributed by atoms with E-state index in [0.29, 0.717) is 25.6 Å². The summed E-state index contributed by atoms with van der Waals surface area (Å²) < 4.78 is 36.9. The molecule has 0 spiro atoms. The highest BCUT2D eigenvalue weighted by Crippen LogP contribution is 2.27. The Labute approximate surface area is 181 Å². The number of piperidine rings is 1. The molecular weight excluding hydrogens is 400 g/mol. The van der Waals surface area contributed by atoms with Gasteiger partial charge in [-0.25, -0.2) is 8.42 Å². The Balaban J connectivity index is 1.44. The van der Waals surface area contributed by atoms with Crippen LogP contribution in [0.4, 0.5) is 0 Å². The molecule has 6 nitrogen and oxygen atoms in total. The zero-order valence-electron chi connectivity index (χ0n) is 18.4. The normalized spacial score (nSPS) is 18.1. The number of hydrogen-bond donors (Lipinski definition) is 0. The third kappa shape index (κ3) is 6.03. The first-order valence-electron chi connectivity index (χ1n) is 10.8. The van der Waals surface area contributed by atoms with Crippen molar-refractivity contribution in [1.82, 2.24) is 9.21 Å². The molecule has 2 heterocycles. The second-order valence-electron chi connectivity index (χ2n) is 8.49. The lowest BCUT2D eigenvalue weighted by molar-refractivity contribution is 0.0524. The van der Waals surface area contributed by atoms with Crippen molar-refractivity contribution < 1.29 is 17.9 Å². The van der Waals surface area contributed by atoms with Gasteiger partial charge in [0.25, 0.3) is 0 Å². The predicted octanol–water partition coefficient (Wildman–Crippen LogP) is 3.54. The number of ether oxygens (including phenoxy) is 2. The van der Waals surface area contributed by atoms with Gasteiger partial charge in [0.2, 0.25) is 15.9 Å². The first-order chi connectivity index (χ1) is 14.3. The largest absolute Gasteiger partial charge is 0.494 e. The maximum absolute atomic E-state index is 11.8. The van der Waals surface area contributed by atoms with Crippen LogP contribution in [0.15, 0.2) is 36.4 Å². The summed E-state index contributed by atoms with van der Waals surface area (Å²) in [6.07, 6.45) is 5.39. The summed E-state index contributed by atoms with van der Waals surface area (Å²) in [6, 6.07) is 6.03. The lowest BCUT2D eigenvalue weighted by atomic mass is 9.94. The summed E-state index contributed by atoms with van der Waals surface area (Å²) in [5.41, 5.74) is 5.19. The number of fused-ring (bicyclic) bond motifs is 1. The van der Waals surface area contributed by atoms with Crippen LogP contribution in [0.5, 0.6) is 5.75 Å². The van der Waals surface area contributed by atoms with Crippen molar-refractivity contribution in [1.29, 1.82) is 0 Å². The van der Waals surface area contributed by atoms with Gasteiger partial charge in [-0.3, -0.25) is 0 Å². The summed E-state index contributed by atoms with van der Waals surface area (Å²) >= 11 is 0. The SMILES string of the molecule is C=C=C(OC(C)C)N1CCC(CCOc2ccc3c(c2)CCN(S(C)(=O)=O)C3)CC1. The molecule has 1 aromatic carbocycles. The van der Waals surface area contributed by atoms with E-state index >= 15 is 0 Å². The minimum Gasteiger partial charge on any atom is -0.494 e. The van der Waals surface area contributed by atoms with Crippen molar-refractivity contribution >= 4 is 10.0 Å². The van der Waals surface area contributed by atoms with E-state index in [1.54, 1.807) is 0 Å². The molecule has 0 unspecified atom stereocenters. The molecule has 0 radical (unpaired) electrons. The minimum atomic E-state index is -3.14. The average Bonchev–Trinajstić information content (AvgIpc) is 2.71. The molecule has 1 saturated heterocycles. The predicted molar refractivity (Wildman–Crippen MR) is 119 cm³/mol. The van der Waals surface area contributed by atoms with Crippen LogP contribution in [0, 0.1) is 5.92 Å². The monoisotopic (exact) mass is 434 g/mol. The molecule has 0 aromatic heterocycles. The second-order valence-corrected chi connectivity index (χ2v) is 10.5. The molecule has 3 rings (SSSR count). The first kappa shape index (κ1) is 22.7. The van der Waals surface area contributed by atoms with E-state index in [9.17, 15) is 8.42 Å². The number of hydrogen-bond acceptors (Lipinski definition) is 5. The van der Waals surface area contributed by atoms with E-state index < -0.39 is 10.0 Å². The molecule has 0 amide bonds. The zero-order valence-corrected chi connectivity index (χ0v) is 19.2. The number of nitrogens with zero attached hydrogens (tertiary/aromatic N) is 2. The van der Waals surface area contributed by atoms with Crippen molar-refractivity contribution in [2.24, 2.45) is 5.92 Å². The van der Waals surface area contributed by atoms with Gasteiger partial charge in [-0.1, -0.05) is 18.4 Å². The van der Waals surface area contributed by atoms with Gasteiger partial charge in [-0.15, -0.1) is 0 Å². The van der Waals surface area contributed by atoms with Gasteiger partial charge >= 0.3 is 0 Å². The van der Waals surface area contributed by atoms with Crippen LogP contribution >= 0.6 is 0 Å². The molecule has 30 heavy (non-hydrogen) atoms. The highest BCUT2D eigenvalue weighted by molar-refractivity contribution is 7.88. The summed E-state index contributed by atoms with van der Waals surface area (Å²) in [5, 5.41) is 0. The van der Waals surface area contributed by atoms with Crippen LogP contribution < -0.4 is 4.74 Å². The van der Waals surface area contributed by atoms with Crippen molar-refractivity contribution in [3.8, 4) is 5.75 Å². The van der Waals surface area contributed by atoms with E-state index in [1.807, 2.05) is 26.0 Å². The molecule has 1 aromatic rings. The van der Waals surface area contributed by atoms with Crippen LogP contribution in [0.25, 0.3) is 0 Å². The van der Waals surface area contributed by atoms with Crippen LogP contribution in [0.3, 0.4) is 0 Å². The van der Waals surface area contributed by atoms with Crippen LogP contribution in [0.1, 0.15) is 44.2 Å². The Bertz CT molecular complexity index is 882. The summed E-state index contributed by atoms with van der Waals surface area (Å²) in [6.45, 7) is 11.4. The fourth-order valence-corrected chi connectivity index (χ4v) is 4.89. The van der Waals surface area contributed by atoms with Gasteiger partial charge in [-0.2, -0.15) is 4.31 Å². The molecule has 2 aliphatic heterocycles. The molecule has 0 saturated carbocycles. The van der Waals surface area contributed by atoms with Gasteiger partial charge in [0.15, 0.2) is 0 Å². The van der Waals surface area contributed by atoms with Crippen molar-refractivity contribution in [2.45, 2.75) is 52.2 Å². The zero-order chi connectivity index (χ0) is 21.7. The molecule has 0 bridgehead atoms. The van der Waals surface area contributed by atoms with E-state index in [0.717, 1.165) is 56.0 Å². The van der Waals surface area contributed by atoms with E-state index in [-0.39, 0.29) is 6.10 Å². The van der Waals surface area contributed by atoms with Gasteiger partial charge in [-0.05, 0) is 68.7 Å². The summed E-state index contributed by atoms with van der Waals surface area (Å²) in [5.74, 6) is 2.29. The van der Waals surface area contributed by atoms with Crippen molar-refractivity contribution in [2.75, 3.05) is 32.5 Å². The van der Waals surface area contributed by atoms with Crippen LogP contribution in [-0.2, 0) is 27.7 Å². The molecule has 166 valence electrons. The number of benzene rings is 1. The van der Waals surface area contributed by atoms with Gasteiger partial charge in [0, 0.05) is 26.2 Å². The van der Waals surface area contributed by atoms with E-state index in [4.69, 9.17) is 9.47 Å². The average molecular weight is 435 g/mol.